The van der Waals surface area contributed by atoms with Crippen LogP contribution in [0.5, 0.6) is 0 Å². The van der Waals surface area contributed by atoms with Crippen LogP contribution in [0.2, 0.25) is 5.02 Å². The molecule has 1 atom stereocenters. The molecule has 0 heterocycles. The number of hydrogen-bond donors (Lipinski definition) is 2. The number of benzene rings is 1. The van der Waals surface area contributed by atoms with Crippen molar-refractivity contribution in [3.63, 3.8) is 0 Å². The first kappa shape index (κ1) is 15.9. The van der Waals surface area contributed by atoms with Gasteiger partial charge in [-0.15, -0.1) is 0 Å². The summed E-state index contributed by atoms with van der Waals surface area (Å²) in [4.78, 5) is 33.2. The van der Waals surface area contributed by atoms with Crippen molar-refractivity contribution in [2.75, 3.05) is 0 Å². The number of nitro groups is 1. The summed E-state index contributed by atoms with van der Waals surface area (Å²) in [6.45, 7) is 2.95. The molecule has 0 aromatic heterocycles. The first-order chi connectivity index (χ1) is 9.23. The van der Waals surface area contributed by atoms with E-state index < -0.39 is 28.0 Å². The van der Waals surface area contributed by atoms with Crippen LogP contribution in [0, 0.1) is 10.1 Å². The molecular formula is C12H13ClN2O5. The molecule has 0 saturated carbocycles. The summed E-state index contributed by atoms with van der Waals surface area (Å²) in [5, 5.41) is 21.8. The van der Waals surface area contributed by atoms with E-state index in [1.807, 2.05) is 0 Å². The zero-order chi connectivity index (χ0) is 15.5. The number of nitrogens with zero attached hydrogens (tertiary/aromatic N) is 1. The second-order valence-corrected chi connectivity index (χ2v) is 4.72. The molecule has 1 aromatic rings. The normalized spacial score (nSPS) is 13.3. The molecule has 1 rings (SSSR count). The largest absolute Gasteiger partial charge is 0.480 e. The number of halogens is 1. The minimum absolute atomic E-state index is 0.137. The van der Waals surface area contributed by atoms with Crippen LogP contribution in [0.3, 0.4) is 0 Å². The van der Waals surface area contributed by atoms with Gasteiger partial charge in [0.05, 0.1) is 10.5 Å². The number of rotatable bonds is 5. The minimum atomic E-state index is -1.47. The Balaban J connectivity index is 3.14. The number of nitrogens with one attached hydrogen (secondary N) is 1. The van der Waals surface area contributed by atoms with Gasteiger partial charge in [-0.3, -0.25) is 14.9 Å². The maximum absolute atomic E-state index is 12.0. The molecule has 0 radical (unpaired) electrons. The van der Waals surface area contributed by atoms with Crippen molar-refractivity contribution in [3.05, 3.63) is 38.9 Å². The van der Waals surface area contributed by atoms with E-state index in [0.717, 1.165) is 6.07 Å². The summed E-state index contributed by atoms with van der Waals surface area (Å²) in [6.07, 6.45) is 0.153. The van der Waals surface area contributed by atoms with E-state index in [4.69, 9.17) is 16.7 Å². The number of hydrogen-bond acceptors (Lipinski definition) is 4. The molecule has 0 aliphatic heterocycles. The Bertz CT molecular complexity index is 575. The Morgan fingerprint density at radius 1 is 1.50 bits per heavy atom. The summed E-state index contributed by atoms with van der Waals surface area (Å²) in [7, 11) is 0. The maximum atomic E-state index is 12.0. The summed E-state index contributed by atoms with van der Waals surface area (Å²) in [6, 6.07) is 3.76. The third kappa shape index (κ3) is 3.05. The molecule has 0 bridgehead atoms. The highest BCUT2D eigenvalue weighted by Gasteiger charge is 2.34. The number of carboxylic acids is 1. The molecule has 8 heteroatoms. The molecule has 0 aliphatic carbocycles. The third-order valence-electron chi connectivity index (χ3n) is 2.99. The van der Waals surface area contributed by atoms with Crippen molar-refractivity contribution >= 4 is 29.2 Å². The summed E-state index contributed by atoms with van der Waals surface area (Å²) in [5.74, 6) is -1.97. The van der Waals surface area contributed by atoms with Gasteiger partial charge < -0.3 is 10.4 Å². The molecule has 108 valence electrons. The fourth-order valence-electron chi connectivity index (χ4n) is 1.45. The predicted octanol–water partition coefficient (Wildman–Crippen LogP) is 2.23. The van der Waals surface area contributed by atoms with E-state index >= 15 is 0 Å². The van der Waals surface area contributed by atoms with Gasteiger partial charge in [-0.25, -0.2) is 4.79 Å². The van der Waals surface area contributed by atoms with Gasteiger partial charge in [-0.2, -0.15) is 0 Å². The van der Waals surface area contributed by atoms with Gasteiger partial charge >= 0.3 is 5.97 Å². The number of carboxylic acid groups (broad SMARTS) is 1. The average Bonchev–Trinajstić information content (AvgIpc) is 2.37. The predicted molar refractivity (Wildman–Crippen MR) is 71.9 cm³/mol. The fourth-order valence-corrected chi connectivity index (χ4v) is 1.73. The van der Waals surface area contributed by atoms with Gasteiger partial charge in [0.15, 0.2) is 0 Å². The topological polar surface area (TPSA) is 110 Å². The smallest absolute Gasteiger partial charge is 0.329 e. The molecule has 1 amide bonds. The number of carbonyl (C=O) groups is 2. The number of aliphatic carboxylic acids is 1. The SMILES string of the molecule is CCC(C)(NC(=O)c1cccc([N+](=O)[O-])c1Cl)C(=O)O. The number of nitro benzene ring substituents is 1. The Morgan fingerprint density at radius 2 is 2.10 bits per heavy atom. The van der Waals surface area contributed by atoms with E-state index in [1.54, 1.807) is 6.92 Å². The van der Waals surface area contributed by atoms with E-state index in [2.05, 4.69) is 5.32 Å². The summed E-state index contributed by atoms with van der Waals surface area (Å²) < 4.78 is 0. The zero-order valence-corrected chi connectivity index (χ0v) is 11.6. The van der Waals surface area contributed by atoms with Gasteiger partial charge in [-0.1, -0.05) is 24.6 Å². The van der Waals surface area contributed by atoms with Gasteiger partial charge in [0, 0.05) is 6.07 Å². The third-order valence-corrected chi connectivity index (χ3v) is 3.39. The van der Waals surface area contributed by atoms with Crippen molar-refractivity contribution in [1.82, 2.24) is 5.32 Å². The molecule has 7 nitrogen and oxygen atoms in total. The van der Waals surface area contributed by atoms with Crippen molar-refractivity contribution in [2.24, 2.45) is 0 Å². The quantitative estimate of drug-likeness (QED) is 0.640. The Kier molecular flexibility index (Phi) is 4.67. The Morgan fingerprint density at radius 3 is 2.55 bits per heavy atom. The molecule has 1 unspecified atom stereocenters. The first-order valence-corrected chi connectivity index (χ1v) is 6.09. The number of carbonyl (C=O) groups excluding carboxylic acids is 1. The van der Waals surface area contributed by atoms with Crippen LogP contribution < -0.4 is 5.32 Å². The van der Waals surface area contributed by atoms with E-state index in [9.17, 15) is 19.7 Å². The first-order valence-electron chi connectivity index (χ1n) is 5.71. The van der Waals surface area contributed by atoms with Crippen LogP contribution in [-0.4, -0.2) is 27.4 Å². The lowest BCUT2D eigenvalue weighted by molar-refractivity contribution is -0.384. The molecule has 0 aliphatic rings. The van der Waals surface area contributed by atoms with Gasteiger partial charge in [0.2, 0.25) is 0 Å². The van der Waals surface area contributed by atoms with E-state index in [1.165, 1.54) is 19.1 Å². The molecule has 2 N–H and O–H groups in total. The van der Waals surface area contributed by atoms with Crippen LogP contribution in [-0.2, 0) is 4.79 Å². The van der Waals surface area contributed by atoms with Gasteiger partial charge in [0.1, 0.15) is 10.6 Å². The summed E-state index contributed by atoms with van der Waals surface area (Å²) in [5.41, 5.74) is -2.01. The molecule has 20 heavy (non-hydrogen) atoms. The van der Waals surface area contributed by atoms with Crippen molar-refractivity contribution < 1.29 is 19.6 Å². The Hall–Kier alpha value is -2.15. The van der Waals surface area contributed by atoms with Crippen molar-refractivity contribution in [2.45, 2.75) is 25.8 Å². The summed E-state index contributed by atoms with van der Waals surface area (Å²) >= 11 is 5.80. The highest BCUT2D eigenvalue weighted by atomic mass is 35.5. The highest BCUT2D eigenvalue weighted by Crippen LogP contribution is 2.28. The van der Waals surface area contributed by atoms with Crippen LogP contribution in [0.15, 0.2) is 18.2 Å². The minimum Gasteiger partial charge on any atom is -0.480 e. The molecule has 0 fully saturated rings. The maximum Gasteiger partial charge on any atom is 0.329 e. The molecule has 0 saturated heterocycles. The fraction of sp³-hybridized carbons (Fsp3) is 0.333. The van der Waals surface area contributed by atoms with Crippen molar-refractivity contribution in [3.8, 4) is 0 Å². The highest BCUT2D eigenvalue weighted by molar-refractivity contribution is 6.35. The lowest BCUT2D eigenvalue weighted by atomic mass is 9.98. The van der Waals surface area contributed by atoms with Gasteiger partial charge in [-0.05, 0) is 19.4 Å². The monoisotopic (exact) mass is 300 g/mol. The lowest BCUT2D eigenvalue weighted by Crippen LogP contribution is -2.51. The van der Waals surface area contributed by atoms with Crippen molar-refractivity contribution in [1.29, 1.82) is 0 Å². The van der Waals surface area contributed by atoms with Crippen LogP contribution in [0.4, 0.5) is 5.69 Å². The van der Waals surface area contributed by atoms with Crippen LogP contribution in [0.25, 0.3) is 0 Å². The van der Waals surface area contributed by atoms with E-state index in [-0.39, 0.29) is 17.0 Å². The van der Waals surface area contributed by atoms with Crippen LogP contribution in [0.1, 0.15) is 30.6 Å². The molecular weight excluding hydrogens is 288 g/mol. The molecule has 0 spiro atoms. The van der Waals surface area contributed by atoms with Crippen LogP contribution >= 0.6 is 11.6 Å². The lowest BCUT2D eigenvalue weighted by Gasteiger charge is -2.24. The standard InChI is InChI=1S/C12H13ClN2O5/c1-3-12(2,11(17)18)14-10(16)7-5-4-6-8(9(7)13)15(19)20/h4-6H,3H2,1-2H3,(H,14,16)(H,17,18). The van der Waals surface area contributed by atoms with E-state index in [0.29, 0.717) is 0 Å². The average molecular weight is 301 g/mol. The zero-order valence-electron chi connectivity index (χ0n) is 10.8. The Labute approximate surface area is 119 Å². The second-order valence-electron chi connectivity index (χ2n) is 4.34. The molecule has 1 aromatic carbocycles. The second kappa shape index (κ2) is 5.87. The van der Waals surface area contributed by atoms with Gasteiger partial charge in [0.25, 0.3) is 11.6 Å². The number of amides is 1.